The smallest absolute Gasteiger partial charge is 0.229 e. The first-order chi connectivity index (χ1) is 13.8. The highest BCUT2D eigenvalue weighted by molar-refractivity contribution is 14.1. The third kappa shape index (κ3) is 5.26. The van der Waals surface area contributed by atoms with Crippen molar-refractivity contribution >= 4 is 32.1 Å². The van der Waals surface area contributed by atoms with Gasteiger partial charge in [-0.2, -0.15) is 0 Å². The van der Waals surface area contributed by atoms with E-state index in [1.807, 2.05) is 0 Å². The van der Waals surface area contributed by atoms with E-state index >= 15 is 0 Å². The zero-order valence-electron chi connectivity index (χ0n) is 14.8. The molecule has 0 amide bonds. The number of hydrogen-bond acceptors (Lipinski definition) is 3. The molecule has 3 aromatic rings. The molecule has 0 bridgehead atoms. The highest BCUT2D eigenvalue weighted by Crippen LogP contribution is 2.29. The maximum Gasteiger partial charge on any atom is 0.229 e. The van der Waals surface area contributed by atoms with Gasteiger partial charge in [-0.25, -0.2) is 17.6 Å². The molecule has 0 radical (unpaired) electrons. The van der Waals surface area contributed by atoms with E-state index in [4.69, 9.17) is 4.74 Å². The van der Waals surface area contributed by atoms with Crippen molar-refractivity contribution in [3.63, 3.8) is 0 Å². The van der Waals surface area contributed by atoms with Gasteiger partial charge in [-0.1, -0.05) is 18.2 Å². The van der Waals surface area contributed by atoms with Crippen LogP contribution in [-0.2, 0) is 11.3 Å². The van der Waals surface area contributed by atoms with Crippen molar-refractivity contribution in [3.05, 3.63) is 83.4 Å². The molecule has 3 rings (SSSR count). The van der Waals surface area contributed by atoms with Crippen molar-refractivity contribution in [3.8, 4) is 16.9 Å². The van der Waals surface area contributed by atoms with Crippen LogP contribution in [0.3, 0.4) is 0 Å². The summed E-state index contributed by atoms with van der Waals surface area (Å²) in [5.74, 6) is -3.23. The normalized spacial score (nSPS) is 10.7. The second kappa shape index (κ2) is 9.25. The Morgan fingerprint density at radius 3 is 2.38 bits per heavy atom. The van der Waals surface area contributed by atoms with Gasteiger partial charge in [0.1, 0.15) is 23.1 Å². The first kappa shape index (κ1) is 21.1. The van der Waals surface area contributed by atoms with Crippen molar-refractivity contribution < 1.29 is 27.1 Å². The Morgan fingerprint density at radius 1 is 0.931 bits per heavy atom. The van der Waals surface area contributed by atoms with E-state index < -0.39 is 29.0 Å². The molecule has 0 aliphatic carbocycles. The minimum absolute atomic E-state index is 0.138. The highest BCUT2D eigenvalue weighted by atomic mass is 127. The van der Waals surface area contributed by atoms with Gasteiger partial charge in [0.2, 0.25) is 3.79 Å². The number of nitrogens with one attached hydrogen (secondary N) is 1. The predicted octanol–water partition coefficient (Wildman–Crippen LogP) is 5.86. The Bertz CT molecular complexity index is 1060. The van der Waals surface area contributed by atoms with Crippen molar-refractivity contribution in [2.75, 3.05) is 11.9 Å². The van der Waals surface area contributed by atoms with E-state index in [2.05, 4.69) is 5.32 Å². The van der Waals surface area contributed by atoms with Gasteiger partial charge in [0.15, 0.2) is 18.2 Å². The van der Waals surface area contributed by atoms with Gasteiger partial charge in [-0.3, -0.25) is 4.79 Å². The van der Waals surface area contributed by atoms with Crippen LogP contribution in [0.4, 0.5) is 23.2 Å². The summed E-state index contributed by atoms with van der Waals surface area (Å²) in [5.41, 5.74) is 0.738. The van der Waals surface area contributed by atoms with Gasteiger partial charge in [-0.05, 0) is 47.5 Å². The van der Waals surface area contributed by atoms with Gasteiger partial charge in [-0.15, -0.1) is 0 Å². The molecule has 0 saturated carbocycles. The summed E-state index contributed by atoms with van der Waals surface area (Å²) in [6.45, 7) is -0.593. The van der Waals surface area contributed by atoms with Crippen molar-refractivity contribution in [2.24, 2.45) is 0 Å². The number of benzene rings is 3. The van der Waals surface area contributed by atoms with Crippen LogP contribution in [-0.4, -0.2) is 10.4 Å². The molecule has 3 aromatic carbocycles. The van der Waals surface area contributed by atoms with E-state index in [0.717, 1.165) is 12.1 Å². The molecular formula is C21H14F4INO2. The Morgan fingerprint density at radius 2 is 1.66 bits per heavy atom. The Balaban J connectivity index is 1.83. The molecule has 0 saturated heterocycles. The molecule has 150 valence electrons. The summed E-state index contributed by atoms with van der Waals surface area (Å²) < 4.78 is 60.8. The third-order valence-corrected chi connectivity index (χ3v) is 4.37. The maximum absolute atomic E-state index is 14.5. The van der Waals surface area contributed by atoms with Crippen LogP contribution in [0.25, 0.3) is 11.1 Å². The van der Waals surface area contributed by atoms with E-state index in [1.165, 1.54) is 59.0 Å². The molecule has 3 nitrogen and oxygen atoms in total. The summed E-state index contributed by atoms with van der Waals surface area (Å²) in [6.07, 6.45) is 0. The van der Waals surface area contributed by atoms with Crippen LogP contribution in [0.1, 0.15) is 5.56 Å². The lowest BCUT2D eigenvalue weighted by atomic mass is 10.0. The molecule has 0 heterocycles. The van der Waals surface area contributed by atoms with Gasteiger partial charge >= 0.3 is 0 Å². The third-order valence-electron chi connectivity index (χ3n) is 4.06. The fraction of sp³-hybridized carbons (Fsp3) is 0.0952. The first-order valence-corrected chi connectivity index (χ1v) is 9.50. The van der Waals surface area contributed by atoms with E-state index in [9.17, 15) is 22.4 Å². The lowest BCUT2D eigenvalue weighted by Crippen LogP contribution is -2.09. The molecule has 0 aromatic heterocycles. The number of carbonyl (C=O) groups excluding carboxylic acids is 1. The predicted molar refractivity (Wildman–Crippen MR) is 110 cm³/mol. The SMILES string of the molecule is O=C(I)COc1ccc(F)c(NCc2cc(-c3cccc(F)c3)ccc2F)c1F. The largest absolute Gasteiger partial charge is 0.482 e. The van der Waals surface area contributed by atoms with Crippen LogP contribution in [0.2, 0.25) is 0 Å². The average molecular weight is 515 g/mol. The molecule has 0 atom stereocenters. The summed E-state index contributed by atoms with van der Waals surface area (Å²) in [5, 5.41) is 2.53. The summed E-state index contributed by atoms with van der Waals surface area (Å²) >= 11 is 1.49. The average Bonchev–Trinajstić information content (AvgIpc) is 2.68. The number of hydrogen-bond donors (Lipinski definition) is 1. The van der Waals surface area contributed by atoms with Crippen LogP contribution in [0.15, 0.2) is 54.6 Å². The van der Waals surface area contributed by atoms with Gasteiger partial charge in [0.05, 0.1) is 0 Å². The first-order valence-electron chi connectivity index (χ1n) is 8.42. The zero-order valence-corrected chi connectivity index (χ0v) is 17.0. The Labute approximate surface area is 177 Å². The van der Waals surface area contributed by atoms with Gasteiger partial charge < -0.3 is 10.1 Å². The number of anilines is 1. The topological polar surface area (TPSA) is 38.3 Å². The molecular weight excluding hydrogens is 501 g/mol. The molecule has 0 aliphatic rings. The maximum atomic E-state index is 14.5. The van der Waals surface area contributed by atoms with Crippen LogP contribution in [0.5, 0.6) is 5.75 Å². The van der Waals surface area contributed by atoms with Crippen molar-refractivity contribution in [2.45, 2.75) is 6.54 Å². The van der Waals surface area contributed by atoms with E-state index in [-0.39, 0.29) is 28.3 Å². The van der Waals surface area contributed by atoms with Crippen LogP contribution < -0.4 is 10.1 Å². The molecule has 0 fully saturated rings. The molecule has 8 heteroatoms. The molecule has 1 N–H and O–H groups in total. The monoisotopic (exact) mass is 515 g/mol. The van der Waals surface area contributed by atoms with Crippen molar-refractivity contribution in [1.29, 1.82) is 0 Å². The fourth-order valence-electron chi connectivity index (χ4n) is 2.68. The number of ether oxygens (including phenoxy) is 1. The number of carbonyl (C=O) groups is 1. The lowest BCUT2D eigenvalue weighted by molar-refractivity contribution is -0.111. The van der Waals surface area contributed by atoms with E-state index in [0.29, 0.717) is 11.1 Å². The van der Waals surface area contributed by atoms with Gasteiger partial charge in [0, 0.05) is 34.7 Å². The van der Waals surface area contributed by atoms with Crippen LogP contribution >= 0.6 is 22.6 Å². The molecule has 0 aliphatic heterocycles. The molecule has 0 unspecified atom stereocenters. The Kier molecular flexibility index (Phi) is 6.73. The van der Waals surface area contributed by atoms with E-state index in [1.54, 1.807) is 6.07 Å². The highest BCUT2D eigenvalue weighted by Gasteiger charge is 2.16. The quantitative estimate of drug-likeness (QED) is 0.244. The number of halogens is 5. The molecule has 29 heavy (non-hydrogen) atoms. The van der Waals surface area contributed by atoms with Crippen molar-refractivity contribution in [1.82, 2.24) is 0 Å². The summed E-state index contributed by atoms with van der Waals surface area (Å²) in [4.78, 5) is 11.0. The molecule has 0 spiro atoms. The summed E-state index contributed by atoms with van der Waals surface area (Å²) in [6, 6.07) is 12.0. The zero-order chi connectivity index (χ0) is 21.0. The lowest BCUT2D eigenvalue weighted by Gasteiger charge is -2.13. The fourth-order valence-corrected chi connectivity index (χ4v) is 2.84. The standard InChI is InChI=1S/C21H14F4INO2/c22-15-3-1-2-12(9-15)13-4-5-16(23)14(8-13)10-27-21-17(24)6-7-18(20(21)25)29-11-19(26)28/h1-9,27H,10-11H2. The van der Waals surface area contributed by atoms with Gasteiger partial charge in [0.25, 0.3) is 0 Å². The second-order valence-electron chi connectivity index (χ2n) is 6.05. The second-order valence-corrected chi connectivity index (χ2v) is 7.25. The number of rotatable bonds is 7. The summed E-state index contributed by atoms with van der Waals surface area (Å²) in [7, 11) is 0. The minimum Gasteiger partial charge on any atom is -0.482 e. The minimum atomic E-state index is -1.02. The van der Waals surface area contributed by atoms with Crippen LogP contribution in [0, 0.1) is 23.3 Å². The Hall–Kier alpha value is -2.62.